The van der Waals surface area contributed by atoms with Gasteiger partial charge in [0.25, 0.3) is 0 Å². The molecule has 2 nitrogen and oxygen atoms in total. The zero-order valence-corrected chi connectivity index (χ0v) is 13.2. The normalized spacial score (nSPS) is 13.4. The smallest absolute Gasteiger partial charge is 0.127 e. The highest BCUT2D eigenvalue weighted by atomic mass is 32.1. The number of rotatable bonds is 4. The molecule has 0 unspecified atom stereocenters. The number of hydrogen-bond donors (Lipinski definition) is 1. The van der Waals surface area contributed by atoms with Crippen molar-refractivity contribution >= 4 is 11.3 Å². The molecular formula is C16H21FN2S. The van der Waals surface area contributed by atoms with Gasteiger partial charge in [-0.3, -0.25) is 0 Å². The van der Waals surface area contributed by atoms with Crippen LogP contribution in [0.2, 0.25) is 0 Å². The number of nitrogens with zero attached hydrogens (tertiary/aromatic N) is 1. The Hall–Kier alpha value is -1.26. The number of hydrogen-bond acceptors (Lipinski definition) is 3. The first kappa shape index (κ1) is 15.1. The van der Waals surface area contributed by atoms with E-state index in [9.17, 15) is 4.39 Å². The molecule has 0 fully saturated rings. The molecule has 2 rings (SSSR count). The fraction of sp³-hybridized carbons (Fsp3) is 0.438. The van der Waals surface area contributed by atoms with Gasteiger partial charge in [-0.15, -0.1) is 11.3 Å². The summed E-state index contributed by atoms with van der Waals surface area (Å²) in [6, 6.07) is 6.85. The van der Waals surface area contributed by atoms with E-state index in [0.29, 0.717) is 12.1 Å². The van der Waals surface area contributed by atoms with Crippen molar-refractivity contribution in [3.05, 3.63) is 51.7 Å². The quantitative estimate of drug-likeness (QED) is 0.901. The molecule has 0 amide bonds. The van der Waals surface area contributed by atoms with E-state index in [-0.39, 0.29) is 17.3 Å². The van der Waals surface area contributed by atoms with Crippen molar-refractivity contribution in [1.29, 1.82) is 0 Å². The molecule has 1 N–H and O–H groups in total. The summed E-state index contributed by atoms with van der Waals surface area (Å²) in [7, 11) is 0. The minimum atomic E-state index is -0.165. The molecule has 2 aromatic rings. The maximum atomic E-state index is 13.7. The molecule has 0 spiro atoms. The van der Waals surface area contributed by atoms with E-state index in [0.717, 1.165) is 10.7 Å². The van der Waals surface area contributed by atoms with Gasteiger partial charge in [-0.25, -0.2) is 9.37 Å². The van der Waals surface area contributed by atoms with Gasteiger partial charge in [-0.05, 0) is 13.0 Å². The van der Waals surface area contributed by atoms with E-state index in [2.05, 4.69) is 36.5 Å². The molecule has 1 aromatic heterocycles. The summed E-state index contributed by atoms with van der Waals surface area (Å²) in [5, 5.41) is 6.47. The molecule has 0 aliphatic rings. The second-order valence-electron chi connectivity index (χ2n) is 6.00. The molecule has 0 bridgehead atoms. The minimum Gasteiger partial charge on any atom is -0.304 e. The SMILES string of the molecule is C[C@@H](NCc1nc(C(C)(C)C)cs1)c1ccccc1F. The van der Waals surface area contributed by atoms with E-state index < -0.39 is 0 Å². The summed E-state index contributed by atoms with van der Waals surface area (Å²) in [5.41, 5.74) is 1.88. The van der Waals surface area contributed by atoms with Crippen molar-refractivity contribution in [3.63, 3.8) is 0 Å². The highest BCUT2D eigenvalue weighted by Gasteiger charge is 2.17. The van der Waals surface area contributed by atoms with Gasteiger partial charge in [0.2, 0.25) is 0 Å². The van der Waals surface area contributed by atoms with Gasteiger partial charge in [0.05, 0.1) is 5.69 Å². The Morgan fingerprint density at radius 2 is 2.00 bits per heavy atom. The van der Waals surface area contributed by atoms with E-state index in [1.54, 1.807) is 17.4 Å². The lowest BCUT2D eigenvalue weighted by Gasteiger charge is -2.15. The van der Waals surface area contributed by atoms with E-state index in [1.165, 1.54) is 6.07 Å². The Kier molecular flexibility index (Phi) is 4.55. The van der Waals surface area contributed by atoms with Crippen LogP contribution in [0.1, 0.15) is 50.0 Å². The molecule has 1 aromatic carbocycles. The first-order valence-electron chi connectivity index (χ1n) is 6.80. The Balaban J connectivity index is 1.99. The second-order valence-corrected chi connectivity index (χ2v) is 6.94. The third-order valence-corrected chi connectivity index (χ3v) is 4.10. The van der Waals surface area contributed by atoms with Gasteiger partial charge < -0.3 is 5.32 Å². The summed E-state index contributed by atoms with van der Waals surface area (Å²) in [4.78, 5) is 4.63. The van der Waals surface area contributed by atoms with Crippen molar-refractivity contribution in [3.8, 4) is 0 Å². The van der Waals surface area contributed by atoms with E-state index in [4.69, 9.17) is 0 Å². The monoisotopic (exact) mass is 292 g/mol. The molecule has 0 aliphatic heterocycles. The molecule has 0 saturated carbocycles. The van der Waals surface area contributed by atoms with Gasteiger partial charge in [-0.1, -0.05) is 39.0 Å². The molecule has 0 radical (unpaired) electrons. The fourth-order valence-electron chi connectivity index (χ4n) is 1.91. The van der Waals surface area contributed by atoms with Gasteiger partial charge in [0.15, 0.2) is 0 Å². The lowest BCUT2D eigenvalue weighted by atomic mass is 9.93. The van der Waals surface area contributed by atoms with Crippen LogP contribution in [0.3, 0.4) is 0 Å². The van der Waals surface area contributed by atoms with Gasteiger partial charge in [-0.2, -0.15) is 0 Å². The zero-order valence-electron chi connectivity index (χ0n) is 12.4. The fourth-order valence-corrected chi connectivity index (χ4v) is 2.88. The first-order valence-corrected chi connectivity index (χ1v) is 7.68. The van der Waals surface area contributed by atoms with Crippen LogP contribution in [-0.2, 0) is 12.0 Å². The van der Waals surface area contributed by atoms with Crippen molar-refractivity contribution in [1.82, 2.24) is 10.3 Å². The molecule has 1 atom stereocenters. The third kappa shape index (κ3) is 3.64. The van der Waals surface area contributed by atoms with Crippen LogP contribution in [0, 0.1) is 5.82 Å². The van der Waals surface area contributed by atoms with Crippen LogP contribution in [0.4, 0.5) is 4.39 Å². The maximum absolute atomic E-state index is 13.7. The van der Waals surface area contributed by atoms with E-state index in [1.807, 2.05) is 19.1 Å². The highest BCUT2D eigenvalue weighted by molar-refractivity contribution is 7.09. The Bertz CT molecular complexity index is 572. The van der Waals surface area contributed by atoms with Gasteiger partial charge >= 0.3 is 0 Å². The molecular weight excluding hydrogens is 271 g/mol. The van der Waals surface area contributed by atoms with Crippen LogP contribution in [-0.4, -0.2) is 4.98 Å². The predicted molar refractivity (Wildman–Crippen MR) is 82.5 cm³/mol. The third-order valence-electron chi connectivity index (χ3n) is 3.25. The number of benzene rings is 1. The minimum absolute atomic E-state index is 0.0295. The molecule has 0 saturated heterocycles. The Labute approximate surface area is 124 Å². The van der Waals surface area contributed by atoms with E-state index >= 15 is 0 Å². The number of nitrogens with one attached hydrogen (secondary N) is 1. The molecule has 20 heavy (non-hydrogen) atoms. The first-order chi connectivity index (χ1) is 9.38. The zero-order chi connectivity index (χ0) is 14.8. The van der Waals surface area contributed by atoms with Gasteiger partial charge in [0.1, 0.15) is 10.8 Å². The van der Waals surface area contributed by atoms with Crippen molar-refractivity contribution < 1.29 is 4.39 Å². The average Bonchev–Trinajstić information content (AvgIpc) is 2.85. The van der Waals surface area contributed by atoms with Crippen molar-refractivity contribution in [2.75, 3.05) is 0 Å². The molecule has 1 heterocycles. The summed E-state index contributed by atoms with van der Waals surface area (Å²) in [6.07, 6.45) is 0. The topological polar surface area (TPSA) is 24.9 Å². The maximum Gasteiger partial charge on any atom is 0.127 e. The molecule has 4 heteroatoms. The molecule has 0 aliphatic carbocycles. The van der Waals surface area contributed by atoms with Crippen LogP contribution in [0.25, 0.3) is 0 Å². The van der Waals surface area contributed by atoms with Crippen LogP contribution < -0.4 is 5.32 Å². The number of aromatic nitrogens is 1. The van der Waals surface area contributed by atoms with Crippen LogP contribution in [0.15, 0.2) is 29.6 Å². The lowest BCUT2D eigenvalue weighted by molar-refractivity contribution is 0.524. The molecule has 108 valence electrons. The standard InChI is InChI=1S/C16H21FN2S/c1-11(12-7-5-6-8-13(12)17)18-9-15-19-14(10-20-15)16(2,3)4/h5-8,10-11,18H,9H2,1-4H3/t11-/m1/s1. The van der Waals surface area contributed by atoms with Crippen molar-refractivity contribution in [2.45, 2.75) is 45.7 Å². The average molecular weight is 292 g/mol. The second kappa shape index (κ2) is 6.02. The largest absolute Gasteiger partial charge is 0.304 e. The Morgan fingerprint density at radius 1 is 1.30 bits per heavy atom. The summed E-state index contributed by atoms with van der Waals surface area (Å²) in [5.74, 6) is -0.165. The highest BCUT2D eigenvalue weighted by Crippen LogP contribution is 2.24. The number of halogens is 1. The Morgan fingerprint density at radius 3 is 2.60 bits per heavy atom. The van der Waals surface area contributed by atoms with Gasteiger partial charge in [0, 0.05) is 28.9 Å². The van der Waals surface area contributed by atoms with Crippen LogP contribution >= 0.6 is 11.3 Å². The van der Waals surface area contributed by atoms with Crippen LogP contribution in [0.5, 0.6) is 0 Å². The summed E-state index contributed by atoms with van der Waals surface area (Å²) in [6.45, 7) is 9.09. The summed E-state index contributed by atoms with van der Waals surface area (Å²) < 4.78 is 13.7. The summed E-state index contributed by atoms with van der Waals surface area (Å²) >= 11 is 1.65. The number of thiazole rings is 1. The predicted octanol–water partition coefficient (Wildman–Crippen LogP) is 4.43. The van der Waals surface area contributed by atoms with Crippen molar-refractivity contribution in [2.24, 2.45) is 0 Å². The lowest BCUT2D eigenvalue weighted by Crippen LogP contribution is -2.19.